The van der Waals surface area contributed by atoms with Crippen molar-refractivity contribution in [3.05, 3.63) is 77.9 Å². The maximum atomic E-state index is 13.4. The van der Waals surface area contributed by atoms with E-state index in [1.54, 1.807) is 0 Å². The molecule has 2 aromatic carbocycles. The molecule has 32 heavy (non-hydrogen) atoms. The molecule has 0 bridgehead atoms. The van der Waals surface area contributed by atoms with Gasteiger partial charge in [-0.3, -0.25) is 0 Å². The summed E-state index contributed by atoms with van der Waals surface area (Å²) in [5.41, 5.74) is 1.13. The number of halogens is 1. The zero-order valence-corrected chi connectivity index (χ0v) is 18.7. The summed E-state index contributed by atoms with van der Waals surface area (Å²) in [4.78, 5) is 9.28. The summed E-state index contributed by atoms with van der Waals surface area (Å²) >= 11 is 1.42. The number of piperazine rings is 1. The molecule has 1 aliphatic rings. The highest BCUT2D eigenvalue weighted by Crippen LogP contribution is 2.36. The Morgan fingerprint density at radius 2 is 1.56 bits per heavy atom. The Bertz CT molecular complexity index is 1300. The minimum absolute atomic E-state index is 0.0194. The van der Waals surface area contributed by atoms with E-state index in [0.29, 0.717) is 13.1 Å². The van der Waals surface area contributed by atoms with Crippen LogP contribution in [0.3, 0.4) is 0 Å². The van der Waals surface area contributed by atoms with E-state index < -0.39 is 15.7 Å². The van der Waals surface area contributed by atoms with Crippen LogP contribution in [-0.2, 0) is 9.84 Å². The maximum Gasteiger partial charge on any atom is 0.240 e. The van der Waals surface area contributed by atoms with Crippen molar-refractivity contribution in [3.8, 4) is 10.8 Å². The molecule has 0 N–H and O–H groups in total. The molecule has 164 valence electrons. The van der Waals surface area contributed by atoms with E-state index in [-0.39, 0.29) is 21.7 Å². The second-order valence-corrected chi connectivity index (χ2v) is 10.2. The van der Waals surface area contributed by atoms with E-state index in [1.807, 2.05) is 40.6 Å². The summed E-state index contributed by atoms with van der Waals surface area (Å²) in [6.45, 7) is 2.60. The number of aromatic nitrogens is 1. The molecular formula is C23H20FN3O3S2. The number of hydrogen-bond donors (Lipinski definition) is 0. The summed E-state index contributed by atoms with van der Waals surface area (Å²) in [6.07, 6.45) is 0. The second kappa shape index (κ2) is 8.40. The quantitative estimate of drug-likeness (QED) is 0.395. The second-order valence-electron chi connectivity index (χ2n) is 7.37. The lowest BCUT2D eigenvalue weighted by Crippen LogP contribution is -2.46. The van der Waals surface area contributed by atoms with E-state index in [4.69, 9.17) is 4.42 Å². The van der Waals surface area contributed by atoms with Crippen molar-refractivity contribution >= 4 is 32.7 Å². The molecule has 0 saturated carbocycles. The van der Waals surface area contributed by atoms with Crippen LogP contribution < -0.4 is 9.80 Å². The van der Waals surface area contributed by atoms with Crippen LogP contribution in [0.15, 0.2) is 86.4 Å². The van der Waals surface area contributed by atoms with Gasteiger partial charge in [0.2, 0.25) is 26.6 Å². The molecule has 0 radical (unpaired) electrons. The lowest BCUT2D eigenvalue weighted by molar-refractivity contribution is 0.526. The number of rotatable bonds is 5. The SMILES string of the molecule is O=S(=O)(c1ccc(F)cc1)c1nc(-c2cccs2)oc1N1CCN(c2ccccc2)CC1. The minimum atomic E-state index is -3.99. The predicted molar refractivity (Wildman–Crippen MR) is 123 cm³/mol. The van der Waals surface area contributed by atoms with E-state index in [2.05, 4.69) is 22.0 Å². The molecule has 6 nitrogen and oxygen atoms in total. The molecule has 1 saturated heterocycles. The average molecular weight is 470 g/mol. The van der Waals surface area contributed by atoms with Crippen LogP contribution in [-0.4, -0.2) is 39.6 Å². The molecule has 0 spiro atoms. The Morgan fingerprint density at radius 3 is 2.22 bits per heavy atom. The van der Waals surface area contributed by atoms with Gasteiger partial charge in [-0.2, -0.15) is 4.98 Å². The molecule has 2 aromatic heterocycles. The van der Waals surface area contributed by atoms with Crippen LogP contribution in [0.4, 0.5) is 16.0 Å². The van der Waals surface area contributed by atoms with Gasteiger partial charge in [-0.05, 0) is 47.8 Å². The van der Waals surface area contributed by atoms with Gasteiger partial charge in [0.15, 0.2) is 0 Å². The zero-order chi connectivity index (χ0) is 22.1. The van der Waals surface area contributed by atoms with Gasteiger partial charge in [-0.1, -0.05) is 24.3 Å². The minimum Gasteiger partial charge on any atom is -0.418 e. The van der Waals surface area contributed by atoms with Crippen molar-refractivity contribution in [3.63, 3.8) is 0 Å². The summed E-state index contributed by atoms with van der Waals surface area (Å²) in [5, 5.41) is 1.74. The molecular weight excluding hydrogens is 449 g/mol. The van der Waals surface area contributed by atoms with Gasteiger partial charge in [-0.25, -0.2) is 12.8 Å². The first-order valence-corrected chi connectivity index (χ1v) is 12.5. The summed E-state index contributed by atoms with van der Waals surface area (Å²) in [7, 11) is -3.99. The van der Waals surface area contributed by atoms with Crippen LogP contribution >= 0.6 is 11.3 Å². The predicted octanol–water partition coefficient (Wildman–Crippen LogP) is 4.70. The van der Waals surface area contributed by atoms with Gasteiger partial charge in [0.1, 0.15) is 5.82 Å². The van der Waals surface area contributed by atoms with Gasteiger partial charge < -0.3 is 14.2 Å². The lowest BCUT2D eigenvalue weighted by atomic mass is 10.2. The van der Waals surface area contributed by atoms with Crippen LogP contribution in [0, 0.1) is 5.82 Å². The van der Waals surface area contributed by atoms with Crippen LogP contribution in [0.5, 0.6) is 0 Å². The first-order valence-electron chi connectivity index (χ1n) is 10.1. The van der Waals surface area contributed by atoms with E-state index in [0.717, 1.165) is 35.8 Å². The number of hydrogen-bond acceptors (Lipinski definition) is 7. The van der Waals surface area contributed by atoms with Crippen molar-refractivity contribution in [1.29, 1.82) is 0 Å². The average Bonchev–Trinajstić information content (AvgIpc) is 3.51. The van der Waals surface area contributed by atoms with Crippen molar-refractivity contribution < 1.29 is 17.2 Å². The van der Waals surface area contributed by atoms with Crippen LogP contribution in [0.1, 0.15) is 0 Å². The number of oxazole rings is 1. The number of nitrogens with zero attached hydrogens (tertiary/aromatic N) is 3. The van der Waals surface area contributed by atoms with E-state index >= 15 is 0 Å². The highest BCUT2D eigenvalue weighted by molar-refractivity contribution is 7.91. The fraction of sp³-hybridized carbons (Fsp3) is 0.174. The molecule has 3 heterocycles. The number of benzene rings is 2. The van der Waals surface area contributed by atoms with Gasteiger partial charge in [0, 0.05) is 31.9 Å². The first-order chi connectivity index (χ1) is 15.5. The number of sulfone groups is 1. The Hall–Kier alpha value is -3.17. The zero-order valence-electron chi connectivity index (χ0n) is 17.0. The third kappa shape index (κ3) is 3.89. The first kappa shape index (κ1) is 20.7. The molecule has 5 rings (SSSR count). The monoisotopic (exact) mass is 469 g/mol. The lowest BCUT2D eigenvalue weighted by Gasteiger charge is -2.36. The van der Waals surface area contributed by atoms with Gasteiger partial charge >= 0.3 is 0 Å². The maximum absolute atomic E-state index is 13.4. The number of anilines is 2. The van der Waals surface area contributed by atoms with Crippen molar-refractivity contribution in [1.82, 2.24) is 4.98 Å². The van der Waals surface area contributed by atoms with Crippen LogP contribution in [0.25, 0.3) is 10.8 Å². The van der Waals surface area contributed by atoms with Crippen molar-refractivity contribution in [2.45, 2.75) is 9.92 Å². The molecule has 0 amide bonds. The highest BCUT2D eigenvalue weighted by atomic mass is 32.2. The Balaban J connectivity index is 1.50. The standard InChI is InChI=1S/C23H20FN3O3S2/c24-17-8-10-19(11-9-17)32(28,29)22-23(30-21(25-22)20-7-4-16-31-20)27-14-12-26(13-15-27)18-5-2-1-3-6-18/h1-11,16H,12-15H2. The van der Waals surface area contributed by atoms with Gasteiger partial charge in [0.25, 0.3) is 0 Å². The van der Waals surface area contributed by atoms with Crippen molar-refractivity contribution in [2.75, 3.05) is 36.0 Å². The third-order valence-electron chi connectivity index (χ3n) is 5.38. The fourth-order valence-electron chi connectivity index (χ4n) is 3.71. The largest absolute Gasteiger partial charge is 0.418 e. The van der Waals surface area contributed by atoms with Crippen LogP contribution in [0.2, 0.25) is 0 Å². The molecule has 0 aliphatic carbocycles. The molecule has 1 aliphatic heterocycles. The number of para-hydroxylation sites is 1. The summed E-state index contributed by atoms with van der Waals surface area (Å²) < 4.78 is 46.2. The van der Waals surface area contributed by atoms with E-state index in [1.165, 1.54) is 23.5 Å². The molecule has 0 atom stereocenters. The molecule has 0 unspecified atom stereocenters. The molecule has 1 fully saturated rings. The fourth-order valence-corrected chi connectivity index (χ4v) is 5.68. The van der Waals surface area contributed by atoms with Crippen molar-refractivity contribution in [2.24, 2.45) is 0 Å². The highest BCUT2D eigenvalue weighted by Gasteiger charge is 2.33. The smallest absolute Gasteiger partial charge is 0.240 e. The normalized spacial score (nSPS) is 14.7. The Morgan fingerprint density at radius 1 is 0.875 bits per heavy atom. The van der Waals surface area contributed by atoms with Gasteiger partial charge in [0.05, 0.1) is 9.77 Å². The third-order valence-corrected chi connectivity index (χ3v) is 7.90. The topological polar surface area (TPSA) is 66.7 Å². The summed E-state index contributed by atoms with van der Waals surface area (Å²) in [6, 6.07) is 18.6. The van der Waals surface area contributed by atoms with Gasteiger partial charge in [-0.15, -0.1) is 11.3 Å². The molecule has 4 aromatic rings. The molecule has 9 heteroatoms. The summed E-state index contributed by atoms with van der Waals surface area (Å²) in [5.74, 6) is -0.00718. The Kier molecular flexibility index (Phi) is 5.44. The number of thiophene rings is 1. The van der Waals surface area contributed by atoms with E-state index in [9.17, 15) is 12.8 Å². The Labute approximate surface area is 189 Å².